The lowest BCUT2D eigenvalue weighted by Gasteiger charge is -2.22. The quantitative estimate of drug-likeness (QED) is 0.380. The first-order chi connectivity index (χ1) is 14.2. The molecule has 2 heterocycles. The fourth-order valence-electron chi connectivity index (χ4n) is 3.86. The lowest BCUT2D eigenvalue weighted by Crippen LogP contribution is -2.21. The molecule has 0 bridgehead atoms. The average molecular weight is 399 g/mol. The van der Waals surface area contributed by atoms with Crippen LogP contribution in [0.25, 0.3) is 32.6 Å². The molecule has 4 aromatic rings. The maximum atomic E-state index is 6.15. The second-order valence-electron chi connectivity index (χ2n) is 7.16. The van der Waals surface area contributed by atoms with Gasteiger partial charge in [0.15, 0.2) is 0 Å². The topological polar surface area (TPSA) is 25.4 Å². The molecule has 3 nitrogen and oxygen atoms in total. The number of anilines is 1. The SMILES string of the molecule is C=C1Oc2cc3cc(N(CC)CC)ccc3cc2C=C1c1nc2ccccc2s1. The maximum Gasteiger partial charge on any atom is 0.135 e. The molecule has 0 radical (unpaired) electrons. The normalized spacial score (nSPS) is 13.3. The van der Waals surface area contributed by atoms with Gasteiger partial charge < -0.3 is 9.64 Å². The highest BCUT2D eigenvalue weighted by Gasteiger charge is 2.20. The van der Waals surface area contributed by atoms with E-state index in [4.69, 9.17) is 9.72 Å². The third kappa shape index (κ3) is 3.10. The highest BCUT2D eigenvalue weighted by atomic mass is 32.1. The van der Waals surface area contributed by atoms with Crippen molar-refractivity contribution in [3.8, 4) is 5.75 Å². The number of hydrogen-bond donors (Lipinski definition) is 0. The number of hydrogen-bond acceptors (Lipinski definition) is 4. The molecule has 144 valence electrons. The van der Waals surface area contributed by atoms with E-state index in [1.807, 2.05) is 18.2 Å². The zero-order valence-corrected chi connectivity index (χ0v) is 17.4. The van der Waals surface area contributed by atoms with Crippen molar-refractivity contribution in [1.29, 1.82) is 0 Å². The molecular formula is C25H22N2OS. The lowest BCUT2D eigenvalue weighted by molar-refractivity contribution is 0.448. The van der Waals surface area contributed by atoms with E-state index in [2.05, 4.69) is 67.8 Å². The Labute approximate surface area is 174 Å². The minimum atomic E-state index is 0.649. The molecule has 1 aliphatic rings. The Morgan fingerprint density at radius 1 is 1.00 bits per heavy atom. The summed E-state index contributed by atoms with van der Waals surface area (Å²) in [6, 6.07) is 19.1. The van der Waals surface area contributed by atoms with Gasteiger partial charge in [0.2, 0.25) is 0 Å². The predicted octanol–water partition coefficient (Wildman–Crippen LogP) is 6.74. The number of aromatic nitrogens is 1. The van der Waals surface area contributed by atoms with Crippen molar-refractivity contribution in [2.45, 2.75) is 13.8 Å². The Hall–Kier alpha value is -3.11. The Morgan fingerprint density at radius 2 is 1.83 bits per heavy atom. The molecule has 5 rings (SSSR count). The zero-order chi connectivity index (χ0) is 20.0. The van der Waals surface area contributed by atoms with E-state index in [-0.39, 0.29) is 0 Å². The van der Waals surface area contributed by atoms with Crippen LogP contribution in [0, 0.1) is 0 Å². The molecule has 4 heteroatoms. The fraction of sp³-hybridized carbons (Fsp3) is 0.160. The number of fused-ring (bicyclic) bond motifs is 3. The molecule has 0 aliphatic carbocycles. The second kappa shape index (κ2) is 7.05. The summed E-state index contributed by atoms with van der Waals surface area (Å²) in [6.45, 7) is 10.5. The summed E-state index contributed by atoms with van der Waals surface area (Å²) in [4.78, 5) is 7.13. The molecule has 3 aromatic carbocycles. The van der Waals surface area contributed by atoms with Crippen molar-refractivity contribution in [3.63, 3.8) is 0 Å². The van der Waals surface area contributed by atoms with Gasteiger partial charge in [-0.15, -0.1) is 11.3 Å². The van der Waals surface area contributed by atoms with Crippen LogP contribution >= 0.6 is 11.3 Å². The lowest BCUT2D eigenvalue weighted by atomic mass is 10.0. The van der Waals surface area contributed by atoms with E-state index < -0.39 is 0 Å². The highest BCUT2D eigenvalue weighted by molar-refractivity contribution is 7.19. The van der Waals surface area contributed by atoms with E-state index in [9.17, 15) is 0 Å². The summed E-state index contributed by atoms with van der Waals surface area (Å²) in [5.41, 5.74) is 4.27. The number of para-hydroxylation sites is 1. The van der Waals surface area contributed by atoms with Crippen LogP contribution in [-0.2, 0) is 0 Å². The average Bonchev–Trinajstić information content (AvgIpc) is 3.16. The monoisotopic (exact) mass is 398 g/mol. The molecule has 1 aliphatic heterocycles. The van der Waals surface area contributed by atoms with Crippen LogP contribution < -0.4 is 9.64 Å². The molecule has 0 fully saturated rings. The first-order valence-corrected chi connectivity index (χ1v) is 10.8. The summed E-state index contributed by atoms with van der Waals surface area (Å²) in [5.74, 6) is 1.50. The number of allylic oxidation sites excluding steroid dienone is 1. The van der Waals surface area contributed by atoms with Crippen LogP contribution in [0.1, 0.15) is 24.4 Å². The fourth-order valence-corrected chi connectivity index (χ4v) is 4.86. The number of nitrogens with zero attached hydrogens (tertiary/aromatic N) is 2. The third-order valence-corrected chi connectivity index (χ3v) is 6.51. The van der Waals surface area contributed by atoms with Crippen molar-refractivity contribution in [1.82, 2.24) is 4.98 Å². The van der Waals surface area contributed by atoms with Crippen molar-refractivity contribution in [2.75, 3.05) is 18.0 Å². The van der Waals surface area contributed by atoms with Crippen LogP contribution in [0.5, 0.6) is 5.75 Å². The van der Waals surface area contributed by atoms with Crippen LogP contribution in [-0.4, -0.2) is 18.1 Å². The number of thiazole rings is 1. The summed E-state index contributed by atoms with van der Waals surface area (Å²) < 4.78 is 7.32. The molecule has 0 N–H and O–H groups in total. The Balaban J connectivity index is 1.60. The predicted molar refractivity (Wildman–Crippen MR) is 125 cm³/mol. The largest absolute Gasteiger partial charge is 0.457 e. The van der Waals surface area contributed by atoms with E-state index in [1.54, 1.807) is 11.3 Å². The molecule has 0 saturated heterocycles. The zero-order valence-electron chi connectivity index (χ0n) is 16.6. The highest BCUT2D eigenvalue weighted by Crippen LogP contribution is 2.40. The Morgan fingerprint density at radius 3 is 2.62 bits per heavy atom. The minimum absolute atomic E-state index is 0.649. The molecular weight excluding hydrogens is 376 g/mol. The van der Waals surface area contributed by atoms with Gasteiger partial charge in [0, 0.05) is 24.3 Å². The van der Waals surface area contributed by atoms with Crippen molar-refractivity contribution >= 4 is 49.7 Å². The van der Waals surface area contributed by atoms with Gasteiger partial charge in [-0.25, -0.2) is 4.98 Å². The smallest absolute Gasteiger partial charge is 0.135 e. The first kappa shape index (κ1) is 18.0. The molecule has 29 heavy (non-hydrogen) atoms. The van der Waals surface area contributed by atoms with Gasteiger partial charge >= 0.3 is 0 Å². The van der Waals surface area contributed by atoms with Gasteiger partial charge in [-0.3, -0.25) is 0 Å². The van der Waals surface area contributed by atoms with Crippen LogP contribution in [0.15, 0.2) is 66.9 Å². The second-order valence-corrected chi connectivity index (χ2v) is 8.19. The maximum absolute atomic E-state index is 6.15. The van der Waals surface area contributed by atoms with Gasteiger partial charge in [-0.05, 0) is 67.1 Å². The minimum Gasteiger partial charge on any atom is -0.457 e. The van der Waals surface area contributed by atoms with E-state index in [1.165, 1.54) is 21.2 Å². The van der Waals surface area contributed by atoms with Crippen molar-refractivity contribution in [3.05, 3.63) is 77.5 Å². The Kier molecular flexibility index (Phi) is 4.36. The number of rotatable bonds is 4. The van der Waals surface area contributed by atoms with Crippen LogP contribution in [0.4, 0.5) is 5.69 Å². The summed E-state index contributed by atoms with van der Waals surface area (Å²) in [5, 5.41) is 3.33. The van der Waals surface area contributed by atoms with Crippen LogP contribution in [0.2, 0.25) is 0 Å². The van der Waals surface area contributed by atoms with Gasteiger partial charge in [0.25, 0.3) is 0 Å². The van der Waals surface area contributed by atoms with Gasteiger partial charge in [-0.2, -0.15) is 0 Å². The molecule has 1 aromatic heterocycles. The standard InChI is InChI=1S/C25H22N2OS/c1-4-27(5-2)20-11-10-17-12-19-14-21(16(3)28-23(19)15-18(17)13-20)25-26-22-8-6-7-9-24(22)29-25/h6-15H,3-5H2,1-2H3. The third-order valence-electron chi connectivity index (χ3n) is 5.44. The molecule has 0 saturated carbocycles. The van der Waals surface area contributed by atoms with Crippen molar-refractivity contribution < 1.29 is 4.74 Å². The molecule has 0 atom stereocenters. The van der Waals surface area contributed by atoms with Crippen LogP contribution in [0.3, 0.4) is 0 Å². The number of benzene rings is 3. The van der Waals surface area contributed by atoms with Gasteiger partial charge in [0.05, 0.1) is 15.8 Å². The summed E-state index contributed by atoms with van der Waals surface area (Å²) >= 11 is 1.67. The van der Waals surface area contributed by atoms with Crippen molar-refractivity contribution in [2.24, 2.45) is 0 Å². The summed E-state index contributed by atoms with van der Waals surface area (Å²) in [6.07, 6.45) is 2.15. The van der Waals surface area contributed by atoms with E-state index in [0.717, 1.165) is 40.5 Å². The molecule has 0 amide bonds. The van der Waals surface area contributed by atoms with E-state index >= 15 is 0 Å². The van der Waals surface area contributed by atoms with Gasteiger partial charge in [0.1, 0.15) is 16.5 Å². The summed E-state index contributed by atoms with van der Waals surface area (Å²) in [7, 11) is 0. The molecule has 0 unspecified atom stereocenters. The molecule has 0 spiro atoms. The first-order valence-electron chi connectivity index (χ1n) is 9.93. The van der Waals surface area contributed by atoms with Gasteiger partial charge in [-0.1, -0.05) is 24.8 Å². The Bertz CT molecular complexity index is 1250. The number of ether oxygens (including phenoxy) is 1. The van der Waals surface area contributed by atoms with E-state index in [0.29, 0.717) is 5.76 Å².